The largest absolute Gasteiger partial charge is 0.388 e. The van der Waals surface area contributed by atoms with Gasteiger partial charge in [-0.3, -0.25) is 0 Å². The Balaban J connectivity index is 2.21. The fraction of sp³-hybridized carbons (Fsp3) is 1.00. The van der Waals surface area contributed by atoms with E-state index in [1.165, 1.54) is 6.42 Å². The van der Waals surface area contributed by atoms with Crippen molar-refractivity contribution in [1.29, 1.82) is 0 Å². The van der Waals surface area contributed by atoms with E-state index in [0.717, 1.165) is 6.42 Å². The highest BCUT2D eigenvalue weighted by Crippen LogP contribution is 2.63. The van der Waals surface area contributed by atoms with Crippen LogP contribution < -0.4 is 5.73 Å². The molecule has 76 valence electrons. The number of nitrogens with two attached hydrogens (primary N) is 1. The summed E-state index contributed by atoms with van der Waals surface area (Å²) in [6, 6.07) is 0. The summed E-state index contributed by atoms with van der Waals surface area (Å²) in [4.78, 5) is 0. The molecule has 2 bridgehead atoms. The van der Waals surface area contributed by atoms with E-state index >= 15 is 0 Å². The maximum absolute atomic E-state index is 10.3. The highest BCUT2D eigenvalue weighted by Gasteiger charge is 2.60. The van der Waals surface area contributed by atoms with E-state index < -0.39 is 5.60 Å². The summed E-state index contributed by atoms with van der Waals surface area (Å²) in [5.74, 6) is 1.75. The summed E-state index contributed by atoms with van der Waals surface area (Å²) >= 11 is 0. The van der Waals surface area contributed by atoms with Crippen LogP contribution in [0.4, 0.5) is 0 Å². The second-order valence-electron chi connectivity index (χ2n) is 5.66. The lowest BCUT2D eigenvalue weighted by atomic mass is 9.42. The van der Waals surface area contributed by atoms with Gasteiger partial charge in [0.25, 0.3) is 0 Å². The molecule has 0 saturated heterocycles. The van der Waals surface area contributed by atoms with Crippen molar-refractivity contribution >= 4 is 0 Å². The Labute approximate surface area is 80.5 Å². The minimum absolute atomic E-state index is 0.373. The molecule has 0 aromatic carbocycles. The number of fused-ring (bicyclic) bond motifs is 2. The Bertz CT molecular complexity index is 226. The van der Waals surface area contributed by atoms with Crippen LogP contribution in [0.1, 0.15) is 33.6 Å². The SMILES string of the molecule is C[C@@H]1[C@H]2C[C@@H](CC1(O)CN)C2(C)C. The van der Waals surface area contributed by atoms with Crippen LogP contribution in [0, 0.1) is 23.2 Å². The molecule has 4 atom stereocenters. The van der Waals surface area contributed by atoms with Crippen molar-refractivity contribution in [1.82, 2.24) is 0 Å². The average molecular weight is 183 g/mol. The molecular formula is C11H21NO. The Morgan fingerprint density at radius 1 is 1.46 bits per heavy atom. The summed E-state index contributed by atoms with van der Waals surface area (Å²) in [6.45, 7) is 7.25. The van der Waals surface area contributed by atoms with Crippen molar-refractivity contribution in [3.8, 4) is 0 Å². The Hall–Kier alpha value is -0.0800. The van der Waals surface area contributed by atoms with Gasteiger partial charge in [0.2, 0.25) is 0 Å². The van der Waals surface area contributed by atoms with Crippen LogP contribution in [-0.2, 0) is 0 Å². The van der Waals surface area contributed by atoms with Crippen LogP contribution >= 0.6 is 0 Å². The molecule has 0 heterocycles. The van der Waals surface area contributed by atoms with Gasteiger partial charge in [-0.1, -0.05) is 20.8 Å². The molecule has 0 amide bonds. The number of hydrogen-bond acceptors (Lipinski definition) is 2. The monoisotopic (exact) mass is 183 g/mol. The first-order chi connectivity index (χ1) is 5.92. The highest BCUT2D eigenvalue weighted by molar-refractivity contribution is 5.10. The van der Waals surface area contributed by atoms with Crippen LogP contribution in [0.25, 0.3) is 0 Å². The Kier molecular flexibility index (Phi) is 1.81. The number of rotatable bonds is 1. The van der Waals surface area contributed by atoms with E-state index in [-0.39, 0.29) is 0 Å². The summed E-state index contributed by atoms with van der Waals surface area (Å²) in [7, 11) is 0. The molecule has 0 radical (unpaired) electrons. The van der Waals surface area contributed by atoms with Gasteiger partial charge in [-0.15, -0.1) is 0 Å². The van der Waals surface area contributed by atoms with Gasteiger partial charge in [-0.25, -0.2) is 0 Å². The van der Waals surface area contributed by atoms with Gasteiger partial charge in [-0.05, 0) is 36.0 Å². The first-order valence-corrected chi connectivity index (χ1v) is 5.34. The van der Waals surface area contributed by atoms with Crippen molar-refractivity contribution in [3.05, 3.63) is 0 Å². The van der Waals surface area contributed by atoms with E-state index in [2.05, 4.69) is 20.8 Å². The molecule has 0 spiro atoms. The molecule has 0 aromatic heterocycles. The lowest BCUT2D eigenvalue weighted by molar-refractivity contribution is -0.201. The third-order valence-electron chi connectivity index (χ3n) is 4.95. The van der Waals surface area contributed by atoms with Gasteiger partial charge in [0.05, 0.1) is 5.60 Å². The lowest BCUT2D eigenvalue weighted by Crippen LogP contribution is -2.64. The van der Waals surface area contributed by atoms with E-state index in [1.54, 1.807) is 0 Å². The van der Waals surface area contributed by atoms with Crippen molar-refractivity contribution in [3.63, 3.8) is 0 Å². The topological polar surface area (TPSA) is 46.2 Å². The molecule has 3 fully saturated rings. The molecule has 3 aliphatic carbocycles. The molecule has 0 aliphatic heterocycles. The van der Waals surface area contributed by atoms with Crippen LogP contribution in [0.3, 0.4) is 0 Å². The van der Waals surface area contributed by atoms with Gasteiger partial charge in [0, 0.05) is 6.54 Å². The molecule has 3 aliphatic rings. The predicted octanol–water partition coefficient (Wildman–Crippen LogP) is 1.38. The summed E-state index contributed by atoms with van der Waals surface area (Å²) in [5.41, 5.74) is 5.53. The number of aliphatic hydroxyl groups is 1. The standard InChI is InChI=1S/C11H21NO/c1-7-9-4-8(10(9,2)3)5-11(7,13)6-12/h7-9,13H,4-6,12H2,1-3H3/t7-,8+,9-,11?/m1/s1. The number of hydrogen-bond donors (Lipinski definition) is 2. The first kappa shape index (κ1) is 9.47. The summed E-state index contributed by atoms with van der Waals surface area (Å²) in [5, 5.41) is 10.3. The van der Waals surface area contributed by atoms with E-state index in [9.17, 15) is 5.11 Å². The van der Waals surface area contributed by atoms with Crippen molar-refractivity contribution in [2.75, 3.05) is 6.54 Å². The second kappa shape index (κ2) is 2.48. The molecule has 0 aromatic rings. The Morgan fingerprint density at radius 3 is 2.46 bits per heavy atom. The molecule has 3 saturated carbocycles. The lowest BCUT2D eigenvalue weighted by Gasteiger charge is -2.64. The van der Waals surface area contributed by atoms with Crippen LogP contribution in [0.2, 0.25) is 0 Å². The second-order valence-corrected chi connectivity index (χ2v) is 5.66. The molecule has 13 heavy (non-hydrogen) atoms. The van der Waals surface area contributed by atoms with Gasteiger partial charge < -0.3 is 10.8 Å². The minimum Gasteiger partial charge on any atom is -0.388 e. The van der Waals surface area contributed by atoms with Gasteiger partial charge in [-0.2, -0.15) is 0 Å². The zero-order valence-electron chi connectivity index (χ0n) is 8.88. The molecule has 3 rings (SSSR count). The predicted molar refractivity (Wildman–Crippen MR) is 53.2 cm³/mol. The minimum atomic E-state index is -0.566. The Morgan fingerprint density at radius 2 is 2.08 bits per heavy atom. The average Bonchev–Trinajstić information content (AvgIpc) is 2.09. The van der Waals surface area contributed by atoms with Crippen LogP contribution in [-0.4, -0.2) is 17.3 Å². The zero-order chi connectivity index (χ0) is 9.85. The fourth-order valence-electron chi connectivity index (χ4n) is 3.51. The third-order valence-corrected chi connectivity index (χ3v) is 4.95. The quantitative estimate of drug-likeness (QED) is 0.645. The van der Waals surface area contributed by atoms with Gasteiger partial charge in [0.1, 0.15) is 0 Å². The van der Waals surface area contributed by atoms with Crippen LogP contribution in [0.5, 0.6) is 0 Å². The normalized spacial score (nSPS) is 52.8. The molecule has 2 nitrogen and oxygen atoms in total. The van der Waals surface area contributed by atoms with E-state index in [4.69, 9.17) is 5.73 Å². The molecule has 2 heteroatoms. The van der Waals surface area contributed by atoms with Crippen molar-refractivity contribution in [2.24, 2.45) is 28.9 Å². The smallest absolute Gasteiger partial charge is 0.0800 e. The molecule has 1 unspecified atom stereocenters. The van der Waals surface area contributed by atoms with Crippen molar-refractivity contribution in [2.45, 2.75) is 39.2 Å². The van der Waals surface area contributed by atoms with E-state index in [1.807, 2.05) is 0 Å². The van der Waals surface area contributed by atoms with Crippen molar-refractivity contribution < 1.29 is 5.11 Å². The summed E-state index contributed by atoms with van der Waals surface area (Å²) < 4.78 is 0. The van der Waals surface area contributed by atoms with E-state index in [0.29, 0.717) is 29.7 Å². The summed E-state index contributed by atoms with van der Waals surface area (Å²) in [6.07, 6.45) is 2.21. The highest BCUT2D eigenvalue weighted by atomic mass is 16.3. The van der Waals surface area contributed by atoms with Gasteiger partial charge >= 0.3 is 0 Å². The van der Waals surface area contributed by atoms with Crippen LogP contribution in [0.15, 0.2) is 0 Å². The molecule has 3 N–H and O–H groups in total. The molecular weight excluding hydrogens is 162 g/mol. The third kappa shape index (κ3) is 1.02. The van der Waals surface area contributed by atoms with Gasteiger partial charge in [0.15, 0.2) is 0 Å². The zero-order valence-corrected chi connectivity index (χ0v) is 8.88. The maximum Gasteiger partial charge on any atom is 0.0800 e. The first-order valence-electron chi connectivity index (χ1n) is 5.34. The fourth-order valence-corrected chi connectivity index (χ4v) is 3.51. The maximum atomic E-state index is 10.3.